The first-order valence-electron chi connectivity index (χ1n) is 11.3. The van der Waals surface area contributed by atoms with Gasteiger partial charge in [-0.1, -0.05) is 24.3 Å². The second kappa shape index (κ2) is 11.5. The van der Waals surface area contributed by atoms with Gasteiger partial charge in [0.25, 0.3) is 0 Å². The van der Waals surface area contributed by atoms with E-state index in [1.807, 2.05) is 12.2 Å². The normalized spacial score (nSPS) is 18.9. The molecule has 2 aromatic rings. The van der Waals surface area contributed by atoms with Crippen LogP contribution in [0.4, 0.5) is 22.0 Å². The van der Waals surface area contributed by atoms with Gasteiger partial charge in [0.05, 0.1) is 13.3 Å². The molecule has 174 valence electrons. The average molecular weight is 453 g/mol. The lowest BCUT2D eigenvalue weighted by atomic mass is 9.77. The van der Waals surface area contributed by atoms with E-state index in [0.29, 0.717) is 17.9 Å². The predicted molar refractivity (Wildman–Crippen MR) is 117 cm³/mol. The molecule has 2 aromatic carbocycles. The maximum atomic E-state index is 14.9. The molecule has 1 aliphatic carbocycles. The van der Waals surface area contributed by atoms with Gasteiger partial charge in [-0.05, 0) is 81.4 Å². The summed E-state index contributed by atoms with van der Waals surface area (Å²) in [6.45, 7) is 1.45. The standard InChI is InChI=1S/C26H29F5O/c1-2-32-22-15-14-21(25(30)26(22)31)20-13-12-19(23(28)24(20)29)18-10-8-17(9-11-18)7-5-3-4-6-16-27/h3-4,12-15,17-18H,2,5-11,16H2,1H3/b4-3+. The van der Waals surface area contributed by atoms with Crippen molar-refractivity contribution in [3.05, 3.63) is 65.2 Å². The van der Waals surface area contributed by atoms with Crippen LogP contribution in [-0.2, 0) is 0 Å². The van der Waals surface area contributed by atoms with E-state index in [-0.39, 0.29) is 36.1 Å². The molecular weight excluding hydrogens is 423 g/mol. The number of ether oxygens (including phenoxy) is 1. The van der Waals surface area contributed by atoms with Gasteiger partial charge in [0.2, 0.25) is 5.82 Å². The summed E-state index contributed by atoms with van der Waals surface area (Å²) in [4.78, 5) is 0. The molecule has 0 N–H and O–H groups in total. The van der Waals surface area contributed by atoms with E-state index in [2.05, 4.69) is 0 Å². The summed E-state index contributed by atoms with van der Waals surface area (Å²) in [6.07, 6.45) is 9.55. The Kier molecular flexibility index (Phi) is 8.71. The fourth-order valence-corrected chi connectivity index (χ4v) is 4.49. The first kappa shape index (κ1) is 24.3. The van der Waals surface area contributed by atoms with Crippen LogP contribution in [0.3, 0.4) is 0 Å². The van der Waals surface area contributed by atoms with Crippen molar-refractivity contribution in [1.82, 2.24) is 0 Å². The van der Waals surface area contributed by atoms with E-state index < -0.39 is 23.3 Å². The molecular formula is C26H29F5O. The van der Waals surface area contributed by atoms with Crippen LogP contribution in [-0.4, -0.2) is 13.3 Å². The van der Waals surface area contributed by atoms with Gasteiger partial charge in [0, 0.05) is 11.1 Å². The van der Waals surface area contributed by atoms with E-state index in [1.165, 1.54) is 24.3 Å². The summed E-state index contributed by atoms with van der Waals surface area (Å²) in [5.74, 6) is -4.47. The van der Waals surface area contributed by atoms with Crippen LogP contribution in [0.5, 0.6) is 5.75 Å². The molecule has 1 saturated carbocycles. The van der Waals surface area contributed by atoms with Gasteiger partial charge >= 0.3 is 0 Å². The van der Waals surface area contributed by atoms with Crippen LogP contribution < -0.4 is 4.74 Å². The molecule has 32 heavy (non-hydrogen) atoms. The second-order valence-corrected chi connectivity index (χ2v) is 8.25. The van der Waals surface area contributed by atoms with Gasteiger partial charge < -0.3 is 4.74 Å². The van der Waals surface area contributed by atoms with Gasteiger partial charge in [-0.25, -0.2) is 13.2 Å². The smallest absolute Gasteiger partial charge is 0.201 e. The summed E-state index contributed by atoms with van der Waals surface area (Å²) in [7, 11) is 0. The lowest BCUT2D eigenvalue weighted by molar-refractivity contribution is 0.306. The van der Waals surface area contributed by atoms with E-state index in [9.17, 15) is 22.0 Å². The summed E-state index contributed by atoms with van der Waals surface area (Å²) in [5, 5.41) is 0. The topological polar surface area (TPSA) is 9.23 Å². The Hall–Kier alpha value is -2.37. The van der Waals surface area contributed by atoms with Crippen molar-refractivity contribution < 1.29 is 26.7 Å². The molecule has 3 rings (SSSR count). The molecule has 0 bridgehead atoms. The van der Waals surface area contributed by atoms with E-state index in [4.69, 9.17) is 4.74 Å². The minimum absolute atomic E-state index is 0.0983. The Labute approximate surface area is 186 Å². The van der Waals surface area contributed by atoms with Crippen molar-refractivity contribution in [3.63, 3.8) is 0 Å². The Morgan fingerprint density at radius 1 is 0.812 bits per heavy atom. The molecule has 0 spiro atoms. The number of alkyl halides is 1. The van der Waals surface area contributed by atoms with E-state index >= 15 is 0 Å². The molecule has 6 heteroatoms. The first-order chi connectivity index (χ1) is 15.5. The van der Waals surface area contributed by atoms with E-state index in [1.54, 1.807) is 6.92 Å². The number of halogens is 5. The second-order valence-electron chi connectivity index (χ2n) is 8.25. The zero-order valence-corrected chi connectivity index (χ0v) is 18.3. The summed E-state index contributed by atoms with van der Waals surface area (Å²) >= 11 is 0. The monoisotopic (exact) mass is 452 g/mol. The Balaban J connectivity index is 1.70. The molecule has 0 heterocycles. The summed E-state index contributed by atoms with van der Waals surface area (Å²) in [6, 6.07) is 5.24. The van der Waals surface area contributed by atoms with Crippen LogP contribution in [0.25, 0.3) is 11.1 Å². The van der Waals surface area contributed by atoms with Crippen LogP contribution >= 0.6 is 0 Å². The van der Waals surface area contributed by atoms with Crippen molar-refractivity contribution >= 4 is 0 Å². The van der Waals surface area contributed by atoms with E-state index in [0.717, 1.165) is 38.5 Å². The molecule has 0 aromatic heterocycles. The number of hydrogen-bond acceptors (Lipinski definition) is 1. The van der Waals surface area contributed by atoms with Crippen molar-refractivity contribution in [1.29, 1.82) is 0 Å². The molecule has 0 aliphatic heterocycles. The van der Waals surface area contributed by atoms with Crippen LogP contribution in [0.15, 0.2) is 36.4 Å². The van der Waals surface area contributed by atoms with Gasteiger partial charge in [-0.2, -0.15) is 4.39 Å². The van der Waals surface area contributed by atoms with Crippen molar-refractivity contribution in [2.75, 3.05) is 13.3 Å². The van der Waals surface area contributed by atoms with Gasteiger partial charge in [-0.15, -0.1) is 0 Å². The third-order valence-electron chi connectivity index (χ3n) is 6.22. The number of rotatable bonds is 9. The van der Waals surface area contributed by atoms with Crippen molar-refractivity contribution in [2.24, 2.45) is 5.92 Å². The largest absolute Gasteiger partial charge is 0.491 e. The summed E-state index contributed by atoms with van der Waals surface area (Å²) in [5.41, 5.74) is -0.350. The first-order valence-corrected chi connectivity index (χ1v) is 11.3. The molecule has 1 nitrogen and oxygen atoms in total. The Morgan fingerprint density at radius 2 is 1.44 bits per heavy atom. The number of allylic oxidation sites excluding steroid dienone is 2. The Bertz CT molecular complexity index is 932. The van der Waals surface area contributed by atoms with Crippen LogP contribution in [0.2, 0.25) is 0 Å². The lowest BCUT2D eigenvalue weighted by Gasteiger charge is -2.29. The van der Waals surface area contributed by atoms with Crippen molar-refractivity contribution in [2.45, 2.75) is 57.8 Å². The minimum Gasteiger partial charge on any atom is -0.491 e. The SMILES string of the molecule is CCOc1ccc(-c2ccc(C3CCC(CC/C=C/CCF)CC3)c(F)c2F)c(F)c1F. The highest BCUT2D eigenvalue weighted by Gasteiger charge is 2.27. The molecule has 0 atom stereocenters. The Morgan fingerprint density at radius 3 is 2.09 bits per heavy atom. The lowest BCUT2D eigenvalue weighted by Crippen LogP contribution is -2.15. The molecule has 0 radical (unpaired) electrons. The third kappa shape index (κ3) is 5.51. The highest BCUT2D eigenvalue weighted by Crippen LogP contribution is 2.41. The molecule has 1 aliphatic rings. The van der Waals surface area contributed by atoms with Gasteiger partial charge in [-0.3, -0.25) is 4.39 Å². The predicted octanol–water partition coefficient (Wildman–Crippen LogP) is 8.28. The maximum Gasteiger partial charge on any atom is 0.201 e. The molecule has 0 saturated heterocycles. The minimum atomic E-state index is -1.26. The zero-order valence-electron chi connectivity index (χ0n) is 18.3. The number of hydrogen-bond donors (Lipinski definition) is 0. The quantitative estimate of drug-likeness (QED) is 0.275. The van der Waals surface area contributed by atoms with Crippen molar-refractivity contribution in [3.8, 4) is 16.9 Å². The molecule has 0 amide bonds. The van der Waals surface area contributed by atoms with Gasteiger partial charge in [0.15, 0.2) is 23.2 Å². The molecule has 0 unspecified atom stereocenters. The summed E-state index contributed by atoms with van der Waals surface area (Å²) < 4.78 is 75.6. The number of benzene rings is 2. The highest BCUT2D eigenvalue weighted by molar-refractivity contribution is 5.66. The fraction of sp³-hybridized carbons (Fsp3) is 0.462. The fourth-order valence-electron chi connectivity index (χ4n) is 4.49. The average Bonchev–Trinajstić information content (AvgIpc) is 2.80. The molecule has 1 fully saturated rings. The van der Waals surface area contributed by atoms with Crippen LogP contribution in [0, 0.1) is 29.2 Å². The van der Waals surface area contributed by atoms with Gasteiger partial charge in [0.1, 0.15) is 0 Å². The maximum absolute atomic E-state index is 14.9. The highest BCUT2D eigenvalue weighted by atomic mass is 19.2. The zero-order chi connectivity index (χ0) is 23.1. The van der Waals surface area contributed by atoms with Crippen LogP contribution in [0.1, 0.15) is 63.4 Å². The third-order valence-corrected chi connectivity index (χ3v) is 6.22.